The van der Waals surface area contributed by atoms with Crippen molar-refractivity contribution in [3.8, 4) is 0 Å². The molecule has 0 aliphatic heterocycles. The number of halogens is 1. The van der Waals surface area contributed by atoms with Crippen LogP contribution in [0.5, 0.6) is 0 Å². The molecule has 8 heteroatoms. The van der Waals surface area contributed by atoms with E-state index in [-0.39, 0.29) is 35.0 Å². The van der Waals surface area contributed by atoms with Crippen molar-refractivity contribution in [2.24, 2.45) is 17.6 Å². The maximum absolute atomic E-state index is 12.2. The lowest BCUT2D eigenvalue weighted by Gasteiger charge is -2.17. The standard InChI is InChI=1S/C16H25N3O3S.ClH/c1-19(2)23(21,22)14-8-6-12(7-9-14)11-18-16(20)15-5-3-4-13(15)10-17;/h6-9,13,15H,3-5,10-11,17H2,1-2H3,(H,18,20);1H/t13-,15-;/m1./s1. The van der Waals surface area contributed by atoms with Gasteiger partial charge in [0.15, 0.2) is 0 Å². The van der Waals surface area contributed by atoms with Gasteiger partial charge in [0.2, 0.25) is 15.9 Å². The van der Waals surface area contributed by atoms with Crippen molar-refractivity contribution >= 4 is 28.3 Å². The number of benzene rings is 1. The molecule has 0 aromatic heterocycles. The highest BCUT2D eigenvalue weighted by molar-refractivity contribution is 7.89. The van der Waals surface area contributed by atoms with Crippen molar-refractivity contribution in [1.82, 2.24) is 9.62 Å². The summed E-state index contributed by atoms with van der Waals surface area (Å²) in [6.07, 6.45) is 2.97. The predicted octanol–water partition coefficient (Wildman–Crippen LogP) is 1.35. The van der Waals surface area contributed by atoms with Crippen LogP contribution < -0.4 is 11.1 Å². The molecule has 0 heterocycles. The van der Waals surface area contributed by atoms with Gasteiger partial charge in [-0.1, -0.05) is 18.6 Å². The monoisotopic (exact) mass is 375 g/mol. The fourth-order valence-corrected chi connectivity index (χ4v) is 3.88. The molecule has 0 saturated heterocycles. The first-order valence-corrected chi connectivity index (χ1v) is 9.29. The fraction of sp³-hybridized carbons (Fsp3) is 0.562. The van der Waals surface area contributed by atoms with Gasteiger partial charge in [0.05, 0.1) is 4.90 Å². The molecule has 0 bridgehead atoms. The first-order valence-electron chi connectivity index (χ1n) is 7.85. The van der Waals surface area contributed by atoms with Gasteiger partial charge in [-0.3, -0.25) is 4.79 Å². The molecule has 136 valence electrons. The van der Waals surface area contributed by atoms with Crippen LogP contribution in [-0.4, -0.2) is 39.3 Å². The molecule has 1 amide bonds. The summed E-state index contributed by atoms with van der Waals surface area (Å²) in [6, 6.07) is 6.58. The van der Waals surface area contributed by atoms with E-state index < -0.39 is 10.0 Å². The number of hydrogen-bond acceptors (Lipinski definition) is 4. The maximum atomic E-state index is 12.2. The molecule has 0 unspecified atom stereocenters. The summed E-state index contributed by atoms with van der Waals surface area (Å²) in [5, 5.41) is 2.93. The lowest BCUT2D eigenvalue weighted by atomic mass is 9.95. The average molecular weight is 376 g/mol. The third-order valence-electron chi connectivity index (χ3n) is 4.47. The zero-order valence-corrected chi connectivity index (χ0v) is 15.7. The summed E-state index contributed by atoms with van der Waals surface area (Å²) in [4.78, 5) is 12.5. The molecule has 1 aliphatic rings. The minimum atomic E-state index is -3.42. The number of sulfonamides is 1. The van der Waals surface area contributed by atoms with Gasteiger partial charge >= 0.3 is 0 Å². The van der Waals surface area contributed by atoms with E-state index in [4.69, 9.17) is 5.73 Å². The second kappa shape index (κ2) is 8.80. The largest absolute Gasteiger partial charge is 0.352 e. The number of nitrogens with one attached hydrogen (secondary N) is 1. The van der Waals surface area contributed by atoms with Gasteiger partial charge in [-0.25, -0.2) is 12.7 Å². The number of carbonyl (C=O) groups excluding carboxylic acids is 1. The molecule has 1 aromatic carbocycles. The second-order valence-electron chi connectivity index (χ2n) is 6.18. The molecule has 24 heavy (non-hydrogen) atoms. The minimum Gasteiger partial charge on any atom is -0.352 e. The van der Waals surface area contributed by atoms with Gasteiger partial charge in [0.1, 0.15) is 0 Å². The molecule has 2 rings (SSSR count). The molecular weight excluding hydrogens is 350 g/mol. The van der Waals surface area contributed by atoms with Crippen LogP contribution in [0, 0.1) is 11.8 Å². The predicted molar refractivity (Wildman–Crippen MR) is 96.3 cm³/mol. The number of nitrogens with zero attached hydrogens (tertiary/aromatic N) is 1. The average Bonchev–Trinajstić information content (AvgIpc) is 3.01. The molecule has 1 aromatic rings. The number of hydrogen-bond donors (Lipinski definition) is 2. The van der Waals surface area contributed by atoms with Crippen molar-refractivity contribution in [1.29, 1.82) is 0 Å². The summed E-state index contributed by atoms with van der Waals surface area (Å²) < 4.78 is 25.2. The second-order valence-corrected chi connectivity index (χ2v) is 8.33. The van der Waals surface area contributed by atoms with Crippen LogP contribution in [0.25, 0.3) is 0 Å². The number of nitrogens with two attached hydrogens (primary N) is 1. The van der Waals surface area contributed by atoms with Gasteiger partial charge in [-0.15, -0.1) is 12.4 Å². The van der Waals surface area contributed by atoms with Gasteiger partial charge in [-0.2, -0.15) is 0 Å². The number of amides is 1. The SMILES string of the molecule is CN(C)S(=O)(=O)c1ccc(CNC(=O)[C@@H]2CCC[C@@H]2CN)cc1.Cl. The molecule has 0 radical (unpaired) electrons. The Hall–Kier alpha value is -1.15. The first kappa shape index (κ1) is 20.9. The highest BCUT2D eigenvalue weighted by Gasteiger charge is 2.31. The summed E-state index contributed by atoms with van der Waals surface area (Å²) in [7, 11) is -0.419. The van der Waals surface area contributed by atoms with E-state index >= 15 is 0 Å². The quantitative estimate of drug-likeness (QED) is 0.784. The van der Waals surface area contributed by atoms with Crippen molar-refractivity contribution in [3.63, 3.8) is 0 Å². The van der Waals surface area contributed by atoms with Crippen LogP contribution in [0.3, 0.4) is 0 Å². The lowest BCUT2D eigenvalue weighted by molar-refractivity contribution is -0.126. The summed E-state index contributed by atoms with van der Waals surface area (Å²) in [5.41, 5.74) is 6.58. The number of rotatable bonds is 6. The lowest BCUT2D eigenvalue weighted by Crippen LogP contribution is -2.34. The summed E-state index contributed by atoms with van der Waals surface area (Å²) >= 11 is 0. The molecule has 2 atom stereocenters. The van der Waals surface area contributed by atoms with Crippen molar-refractivity contribution in [3.05, 3.63) is 29.8 Å². The molecular formula is C16H26ClN3O3S. The zero-order valence-electron chi connectivity index (χ0n) is 14.1. The molecule has 1 fully saturated rings. The van der Waals surface area contributed by atoms with E-state index in [9.17, 15) is 13.2 Å². The Balaban J connectivity index is 0.00000288. The van der Waals surface area contributed by atoms with Crippen LogP contribution in [0.1, 0.15) is 24.8 Å². The third-order valence-corrected chi connectivity index (χ3v) is 6.30. The van der Waals surface area contributed by atoms with E-state index in [1.165, 1.54) is 18.4 Å². The highest BCUT2D eigenvalue weighted by Crippen LogP contribution is 2.31. The molecule has 1 aliphatic carbocycles. The van der Waals surface area contributed by atoms with E-state index in [1.54, 1.807) is 24.3 Å². The Morgan fingerprint density at radius 2 is 1.88 bits per heavy atom. The summed E-state index contributed by atoms with van der Waals surface area (Å²) in [6.45, 7) is 0.949. The van der Waals surface area contributed by atoms with E-state index in [1.807, 2.05) is 0 Å². The van der Waals surface area contributed by atoms with E-state index in [2.05, 4.69) is 5.32 Å². The third kappa shape index (κ3) is 4.69. The topological polar surface area (TPSA) is 92.5 Å². The first-order chi connectivity index (χ1) is 10.9. The Bertz CT molecular complexity index is 647. The smallest absolute Gasteiger partial charge is 0.242 e. The Morgan fingerprint density at radius 3 is 2.42 bits per heavy atom. The Morgan fingerprint density at radius 1 is 1.25 bits per heavy atom. The highest BCUT2D eigenvalue weighted by atomic mass is 35.5. The molecule has 1 saturated carbocycles. The summed E-state index contributed by atoms with van der Waals surface area (Å²) in [5.74, 6) is 0.332. The van der Waals surface area contributed by atoms with Crippen LogP contribution in [-0.2, 0) is 21.4 Å². The van der Waals surface area contributed by atoms with Crippen LogP contribution in [0.15, 0.2) is 29.2 Å². The van der Waals surface area contributed by atoms with Gasteiger partial charge in [0, 0.05) is 26.6 Å². The zero-order chi connectivity index (χ0) is 17.0. The van der Waals surface area contributed by atoms with Crippen molar-refractivity contribution in [2.45, 2.75) is 30.7 Å². The van der Waals surface area contributed by atoms with Crippen LogP contribution in [0.4, 0.5) is 0 Å². The molecule has 3 N–H and O–H groups in total. The van der Waals surface area contributed by atoms with E-state index in [0.29, 0.717) is 13.1 Å². The molecule has 0 spiro atoms. The van der Waals surface area contributed by atoms with Gasteiger partial charge < -0.3 is 11.1 Å². The Labute approximate surface area is 150 Å². The van der Waals surface area contributed by atoms with Crippen molar-refractivity contribution in [2.75, 3.05) is 20.6 Å². The minimum absolute atomic E-state index is 0. The maximum Gasteiger partial charge on any atom is 0.242 e. The van der Waals surface area contributed by atoms with Crippen LogP contribution in [0.2, 0.25) is 0 Å². The van der Waals surface area contributed by atoms with Gasteiger partial charge in [0.25, 0.3) is 0 Å². The van der Waals surface area contributed by atoms with Crippen molar-refractivity contribution < 1.29 is 13.2 Å². The normalized spacial score (nSPS) is 20.7. The van der Waals surface area contributed by atoms with E-state index in [0.717, 1.165) is 24.8 Å². The fourth-order valence-electron chi connectivity index (χ4n) is 2.97. The number of carbonyl (C=O) groups is 1. The van der Waals surface area contributed by atoms with Gasteiger partial charge in [-0.05, 0) is 43.0 Å². The van der Waals surface area contributed by atoms with Crippen LogP contribution >= 0.6 is 12.4 Å². The Kier molecular flexibility index (Phi) is 7.66. The molecule has 6 nitrogen and oxygen atoms in total.